The van der Waals surface area contributed by atoms with E-state index in [1.807, 2.05) is 0 Å². The standard InChI is InChI=1S/C17H12ClN3O7/c1-27-16(23)14-5-4-11(28-14)8-20-15(22)13(19-17(20)24)6-9-2-3-10(21(25)26)7-12(9)18/h2-7H,8H2,1H3,(H,19,24). The zero-order valence-electron chi connectivity index (χ0n) is 14.3. The number of amides is 3. The highest BCUT2D eigenvalue weighted by molar-refractivity contribution is 6.32. The number of nitrogens with one attached hydrogen (secondary N) is 1. The number of nitro groups is 1. The molecule has 0 atom stereocenters. The van der Waals surface area contributed by atoms with Gasteiger partial charge in [0.05, 0.1) is 23.6 Å². The van der Waals surface area contributed by atoms with Crippen molar-refractivity contribution in [2.45, 2.75) is 6.54 Å². The molecule has 0 bridgehead atoms. The van der Waals surface area contributed by atoms with Gasteiger partial charge in [-0.2, -0.15) is 0 Å². The van der Waals surface area contributed by atoms with Crippen molar-refractivity contribution in [1.82, 2.24) is 10.2 Å². The summed E-state index contributed by atoms with van der Waals surface area (Å²) in [5.41, 5.74) is 0.0685. The minimum absolute atomic E-state index is 0.0518. The second kappa shape index (κ2) is 7.53. The van der Waals surface area contributed by atoms with Crippen LogP contribution in [-0.4, -0.2) is 34.8 Å². The van der Waals surface area contributed by atoms with Gasteiger partial charge in [0.25, 0.3) is 11.6 Å². The first-order valence-corrected chi connectivity index (χ1v) is 8.13. The molecule has 0 aliphatic carbocycles. The van der Waals surface area contributed by atoms with E-state index in [-0.39, 0.29) is 34.5 Å². The predicted molar refractivity (Wildman–Crippen MR) is 95.2 cm³/mol. The van der Waals surface area contributed by atoms with E-state index in [1.165, 1.54) is 37.5 Å². The van der Waals surface area contributed by atoms with Crippen LogP contribution < -0.4 is 5.32 Å². The SMILES string of the molecule is COC(=O)c1ccc(CN2C(=O)NC(=Cc3ccc([N+](=O)[O-])cc3Cl)C2=O)o1. The van der Waals surface area contributed by atoms with Crippen LogP contribution in [0, 0.1) is 10.1 Å². The Hall–Kier alpha value is -3.66. The molecule has 0 saturated carbocycles. The van der Waals surface area contributed by atoms with E-state index < -0.39 is 22.8 Å². The minimum atomic E-state index is -0.690. The highest BCUT2D eigenvalue weighted by atomic mass is 35.5. The Kier molecular flexibility index (Phi) is 5.14. The Bertz CT molecular complexity index is 1030. The van der Waals surface area contributed by atoms with Gasteiger partial charge in [0.2, 0.25) is 5.76 Å². The van der Waals surface area contributed by atoms with Crippen molar-refractivity contribution in [2.24, 2.45) is 0 Å². The number of non-ortho nitro benzene ring substituents is 1. The molecular weight excluding hydrogens is 394 g/mol. The monoisotopic (exact) mass is 405 g/mol. The molecule has 11 heteroatoms. The van der Waals surface area contributed by atoms with E-state index in [1.54, 1.807) is 0 Å². The van der Waals surface area contributed by atoms with Crippen molar-refractivity contribution in [2.75, 3.05) is 7.11 Å². The molecule has 3 rings (SSSR count). The van der Waals surface area contributed by atoms with E-state index in [9.17, 15) is 24.5 Å². The number of esters is 1. The highest BCUT2D eigenvalue weighted by Gasteiger charge is 2.34. The number of halogens is 1. The van der Waals surface area contributed by atoms with Gasteiger partial charge in [-0.3, -0.25) is 19.8 Å². The maximum Gasteiger partial charge on any atom is 0.373 e. The number of carbonyl (C=O) groups is 3. The summed E-state index contributed by atoms with van der Waals surface area (Å²) >= 11 is 6.00. The molecule has 10 nitrogen and oxygen atoms in total. The van der Waals surface area contributed by atoms with Gasteiger partial charge < -0.3 is 14.5 Å². The number of benzene rings is 1. The van der Waals surface area contributed by atoms with Crippen LogP contribution in [-0.2, 0) is 16.1 Å². The average molecular weight is 406 g/mol. The number of carbonyl (C=O) groups excluding carboxylic acids is 3. The number of hydrogen-bond acceptors (Lipinski definition) is 7. The van der Waals surface area contributed by atoms with Gasteiger partial charge >= 0.3 is 12.0 Å². The van der Waals surface area contributed by atoms with E-state index in [0.29, 0.717) is 5.56 Å². The molecule has 0 spiro atoms. The Morgan fingerprint density at radius 1 is 1.36 bits per heavy atom. The first-order valence-electron chi connectivity index (χ1n) is 7.75. The number of hydrogen-bond donors (Lipinski definition) is 1. The largest absolute Gasteiger partial charge is 0.463 e. The molecule has 1 aliphatic rings. The molecule has 0 radical (unpaired) electrons. The fourth-order valence-corrected chi connectivity index (χ4v) is 2.68. The number of methoxy groups -OCH3 is 1. The third-order valence-electron chi connectivity index (χ3n) is 3.82. The summed E-state index contributed by atoms with van der Waals surface area (Å²) in [6, 6.07) is 5.86. The summed E-state index contributed by atoms with van der Waals surface area (Å²) in [5, 5.41) is 13.2. The van der Waals surface area contributed by atoms with Crippen LogP contribution in [0.3, 0.4) is 0 Å². The van der Waals surface area contributed by atoms with Crippen LogP contribution in [0.15, 0.2) is 40.4 Å². The predicted octanol–water partition coefficient (Wildman–Crippen LogP) is 2.72. The molecule has 2 aromatic rings. The van der Waals surface area contributed by atoms with Gasteiger partial charge in [0.1, 0.15) is 11.5 Å². The highest BCUT2D eigenvalue weighted by Crippen LogP contribution is 2.26. The molecular formula is C17H12ClN3O7. The number of urea groups is 1. The molecule has 0 unspecified atom stereocenters. The average Bonchev–Trinajstić information content (AvgIpc) is 3.23. The van der Waals surface area contributed by atoms with Crippen molar-refractivity contribution in [3.63, 3.8) is 0 Å². The van der Waals surface area contributed by atoms with Crippen molar-refractivity contribution in [3.05, 3.63) is 68.2 Å². The topological polar surface area (TPSA) is 132 Å². The maximum absolute atomic E-state index is 12.5. The molecule has 1 aliphatic heterocycles. The van der Waals surface area contributed by atoms with E-state index in [4.69, 9.17) is 16.0 Å². The van der Waals surface area contributed by atoms with Crippen LogP contribution in [0.25, 0.3) is 6.08 Å². The summed E-state index contributed by atoms with van der Waals surface area (Å²) in [5.74, 6) is -1.18. The molecule has 1 N–H and O–H groups in total. The number of imide groups is 1. The van der Waals surface area contributed by atoms with Gasteiger partial charge in [-0.05, 0) is 29.8 Å². The quantitative estimate of drug-likeness (QED) is 0.266. The first-order chi connectivity index (χ1) is 13.3. The smallest absolute Gasteiger partial charge is 0.373 e. The second-order valence-electron chi connectivity index (χ2n) is 5.60. The molecule has 1 aromatic carbocycles. The molecule has 1 saturated heterocycles. The van der Waals surface area contributed by atoms with E-state index >= 15 is 0 Å². The third-order valence-corrected chi connectivity index (χ3v) is 4.15. The van der Waals surface area contributed by atoms with Crippen LogP contribution in [0.4, 0.5) is 10.5 Å². The van der Waals surface area contributed by atoms with E-state index in [0.717, 1.165) is 11.0 Å². The summed E-state index contributed by atoms with van der Waals surface area (Å²) < 4.78 is 9.77. The normalized spacial score (nSPS) is 15.1. The van der Waals surface area contributed by atoms with Crippen LogP contribution in [0.1, 0.15) is 21.9 Å². The third kappa shape index (κ3) is 3.71. The minimum Gasteiger partial charge on any atom is -0.463 e. The Balaban J connectivity index is 1.80. The van der Waals surface area contributed by atoms with Crippen LogP contribution in [0.2, 0.25) is 5.02 Å². The number of furan rings is 1. The van der Waals surface area contributed by atoms with E-state index in [2.05, 4.69) is 10.1 Å². The van der Waals surface area contributed by atoms with Crippen molar-refractivity contribution < 1.29 is 28.5 Å². The molecule has 2 heterocycles. The number of ether oxygens (including phenoxy) is 1. The Labute approximate surface area is 162 Å². The lowest BCUT2D eigenvalue weighted by molar-refractivity contribution is -0.384. The zero-order valence-corrected chi connectivity index (χ0v) is 15.1. The van der Waals surface area contributed by atoms with Gasteiger partial charge in [0.15, 0.2) is 0 Å². The first kappa shape index (κ1) is 19.1. The lowest BCUT2D eigenvalue weighted by Crippen LogP contribution is -2.30. The number of nitrogens with zero attached hydrogens (tertiary/aromatic N) is 2. The summed E-state index contributed by atoms with van der Waals surface area (Å²) in [6.45, 7) is -0.201. The molecule has 1 fully saturated rings. The van der Waals surface area contributed by atoms with Crippen LogP contribution in [0.5, 0.6) is 0 Å². The molecule has 144 valence electrons. The zero-order chi connectivity index (χ0) is 20.4. The van der Waals surface area contributed by atoms with Gasteiger partial charge in [-0.25, -0.2) is 9.59 Å². The van der Waals surface area contributed by atoms with Crippen molar-refractivity contribution in [1.29, 1.82) is 0 Å². The second-order valence-corrected chi connectivity index (χ2v) is 6.01. The fraction of sp³-hybridized carbons (Fsp3) is 0.118. The number of rotatable bonds is 5. The lowest BCUT2D eigenvalue weighted by Gasteiger charge is -2.09. The number of nitro benzene ring substituents is 1. The van der Waals surface area contributed by atoms with Crippen molar-refractivity contribution >= 4 is 41.3 Å². The van der Waals surface area contributed by atoms with Gasteiger partial charge in [-0.1, -0.05) is 11.6 Å². The van der Waals surface area contributed by atoms with Crippen molar-refractivity contribution in [3.8, 4) is 0 Å². The Morgan fingerprint density at radius 3 is 2.75 bits per heavy atom. The summed E-state index contributed by atoms with van der Waals surface area (Å²) in [6.07, 6.45) is 1.31. The fourth-order valence-electron chi connectivity index (χ4n) is 2.45. The maximum atomic E-state index is 12.5. The Morgan fingerprint density at radius 2 is 2.11 bits per heavy atom. The van der Waals surface area contributed by atoms with Gasteiger partial charge in [0, 0.05) is 12.1 Å². The van der Waals surface area contributed by atoms with Gasteiger partial charge in [-0.15, -0.1) is 0 Å². The lowest BCUT2D eigenvalue weighted by atomic mass is 10.1. The molecule has 1 aromatic heterocycles. The van der Waals surface area contributed by atoms with Crippen LogP contribution >= 0.6 is 11.6 Å². The molecule has 28 heavy (non-hydrogen) atoms. The molecule has 3 amide bonds. The summed E-state index contributed by atoms with van der Waals surface area (Å²) in [4.78, 5) is 47.1. The summed E-state index contributed by atoms with van der Waals surface area (Å²) in [7, 11) is 1.20.